The van der Waals surface area contributed by atoms with Crippen molar-refractivity contribution in [3.05, 3.63) is 42.1 Å². The molecule has 0 aliphatic heterocycles. The lowest BCUT2D eigenvalue weighted by molar-refractivity contribution is -0.117. The molecule has 0 fully saturated rings. The van der Waals surface area contributed by atoms with Gasteiger partial charge in [-0.3, -0.25) is 9.20 Å². The monoisotopic (exact) mass is 423 g/mol. The minimum absolute atomic E-state index is 0.0131. The highest BCUT2D eigenvalue weighted by molar-refractivity contribution is 5.95. The first kappa shape index (κ1) is 22.7. The Morgan fingerprint density at radius 1 is 1.13 bits per heavy atom. The zero-order chi connectivity index (χ0) is 22.8. The molecule has 0 bridgehead atoms. The number of hydrogen-bond acceptors (Lipinski definition) is 4. The predicted molar refractivity (Wildman–Crippen MR) is 125 cm³/mol. The number of amides is 1. The number of fused-ring (bicyclic) bond motifs is 1. The number of imidazole rings is 1. The number of rotatable bonds is 7. The summed E-state index contributed by atoms with van der Waals surface area (Å²) in [7, 11) is 3.21. The number of anilines is 1. The number of nitrogens with zero attached hydrogens (tertiary/aromatic N) is 2. The molecule has 6 nitrogen and oxygen atoms in total. The van der Waals surface area contributed by atoms with Crippen LogP contribution in [-0.2, 0) is 4.79 Å². The average Bonchev–Trinajstić information content (AvgIpc) is 3.02. The molecule has 0 aliphatic rings. The average molecular weight is 424 g/mol. The number of aryl methyl sites for hydroxylation is 1. The van der Waals surface area contributed by atoms with Crippen LogP contribution in [0.1, 0.15) is 46.1 Å². The Balaban J connectivity index is 1.99. The van der Waals surface area contributed by atoms with Crippen molar-refractivity contribution in [3.8, 4) is 22.8 Å². The molecule has 2 aromatic heterocycles. The van der Waals surface area contributed by atoms with E-state index >= 15 is 0 Å². The van der Waals surface area contributed by atoms with Crippen molar-refractivity contribution in [1.82, 2.24) is 9.38 Å². The molecule has 0 spiro atoms. The Hall–Kier alpha value is -3.02. The van der Waals surface area contributed by atoms with Gasteiger partial charge in [-0.1, -0.05) is 27.7 Å². The number of carbonyl (C=O) groups excluding carboxylic acids is 1. The number of ether oxygens (including phenoxy) is 2. The summed E-state index contributed by atoms with van der Waals surface area (Å²) < 4.78 is 12.7. The Labute approximate surface area is 184 Å². The third-order valence-corrected chi connectivity index (χ3v) is 5.19. The van der Waals surface area contributed by atoms with E-state index in [0.717, 1.165) is 23.2 Å². The van der Waals surface area contributed by atoms with Crippen LogP contribution in [0.5, 0.6) is 11.5 Å². The fourth-order valence-corrected chi connectivity index (χ4v) is 4.07. The van der Waals surface area contributed by atoms with Crippen LogP contribution < -0.4 is 14.8 Å². The highest BCUT2D eigenvalue weighted by Gasteiger charge is 2.21. The van der Waals surface area contributed by atoms with Gasteiger partial charge in [0.2, 0.25) is 5.91 Å². The molecule has 1 aromatic carbocycles. The lowest BCUT2D eigenvalue weighted by atomic mass is 9.84. The van der Waals surface area contributed by atoms with Crippen LogP contribution in [0.2, 0.25) is 0 Å². The van der Waals surface area contributed by atoms with Gasteiger partial charge in [0, 0.05) is 18.2 Å². The normalized spacial score (nSPS) is 12.6. The van der Waals surface area contributed by atoms with Crippen LogP contribution >= 0.6 is 0 Å². The Bertz CT molecular complexity index is 1080. The lowest BCUT2D eigenvalue weighted by Crippen LogP contribution is -2.19. The van der Waals surface area contributed by atoms with Gasteiger partial charge in [-0.25, -0.2) is 4.98 Å². The number of methoxy groups -OCH3 is 2. The van der Waals surface area contributed by atoms with Crippen LogP contribution in [-0.4, -0.2) is 29.5 Å². The van der Waals surface area contributed by atoms with Gasteiger partial charge in [-0.2, -0.15) is 0 Å². The lowest BCUT2D eigenvalue weighted by Gasteiger charge is -2.22. The zero-order valence-electron chi connectivity index (χ0n) is 19.6. The van der Waals surface area contributed by atoms with Crippen LogP contribution in [0.25, 0.3) is 16.9 Å². The molecule has 0 saturated carbocycles. The molecule has 0 radical (unpaired) electrons. The van der Waals surface area contributed by atoms with E-state index in [1.807, 2.05) is 47.9 Å². The number of aromatic nitrogens is 2. The standard InChI is InChI=1S/C25H33N3O3/c1-16-10-11-28-21(12-16)26-23(18-8-9-19(30-6)20(14-18)31-7)24(28)27-22(29)13-17(2)15-25(3,4)5/h8-12,14,17H,13,15H2,1-7H3,(H,27,29)/t17-/m0/s1. The van der Waals surface area contributed by atoms with E-state index in [2.05, 4.69) is 33.0 Å². The van der Waals surface area contributed by atoms with Gasteiger partial charge >= 0.3 is 0 Å². The summed E-state index contributed by atoms with van der Waals surface area (Å²) >= 11 is 0. The molecule has 1 atom stereocenters. The second-order valence-electron chi connectivity index (χ2n) is 9.43. The van der Waals surface area contributed by atoms with Crippen molar-refractivity contribution in [2.45, 2.75) is 47.5 Å². The van der Waals surface area contributed by atoms with Crippen molar-refractivity contribution in [1.29, 1.82) is 0 Å². The molecular formula is C25H33N3O3. The summed E-state index contributed by atoms with van der Waals surface area (Å²) in [5.41, 5.74) is 3.61. The Morgan fingerprint density at radius 2 is 1.84 bits per heavy atom. The molecule has 0 aliphatic carbocycles. The summed E-state index contributed by atoms with van der Waals surface area (Å²) in [6.45, 7) is 10.7. The van der Waals surface area contributed by atoms with Crippen LogP contribution in [0, 0.1) is 18.3 Å². The summed E-state index contributed by atoms with van der Waals surface area (Å²) in [5, 5.41) is 3.12. The third kappa shape index (κ3) is 5.37. The smallest absolute Gasteiger partial charge is 0.225 e. The van der Waals surface area contributed by atoms with Gasteiger partial charge in [0.25, 0.3) is 0 Å². The molecule has 31 heavy (non-hydrogen) atoms. The first-order valence-electron chi connectivity index (χ1n) is 10.6. The van der Waals surface area contributed by atoms with Gasteiger partial charge in [0.05, 0.1) is 14.2 Å². The summed E-state index contributed by atoms with van der Waals surface area (Å²) in [6.07, 6.45) is 3.38. The second kappa shape index (κ2) is 9.00. The summed E-state index contributed by atoms with van der Waals surface area (Å²) in [4.78, 5) is 17.7. The van der Waals surface area contributed by atoms with E-state index in [1.54, 1.807) is 14.2 Å². The van der Waals surface area contributed by atoms with E-state index in [-0.39, 0.29) is 17.2 Å². The molecule has 0 saturated heterocycles. The quantitative estimate of drug-likeness (QED) is 0.527. The summed E-state index contributed by atoms with van der Waals surface area (Å²) in [5.74, 6) is 2.19. The van der Waals surface area contributed by atoms with Gasteiger partial charge in [0.1, 0.15) is 17.2 Å². The molecule has 2 heterocycles. The molecule has 6 heteroatoms. The number of pyridine rings is 1. The van der Waals surface area contributed by atoms with Crippen molar-refractivity contribution < 1.29 is 14.3 Å². The Morgan fingerprint density at radius 3 is 2.48 bits per heavy atom. The number of hydrogen-bond donors (Lipinski definition) is 1. The molecule has 0 unspecified atom stereocenters. The van der Waals surface area contributed by atoms with Crippen molar-refractivity contribution in [3.63, 3.8) is 0 Å². The second-order valence-corrected chi connectivity index (χ2v) is 9.43. The van der Waals surface area contributed by atoms with Gasteiger partial charge in [-0.15, -0.1) is 0 Å². The number of carbonyl (C=O) groups is 1. The fraction of sp³-hybridized carbons (Fsp3) is 0.440. The fourth-order valence-electron chi connectivity index (χ4n) is 4.07. The van der Waals surface area contributed by atoms with E-state index in [0.29, 0.717) is 29.4 Å². The maximum Gasteiger partial charge on any atom is 0.225 e. The Kier molecular flexibility index (Phi) is 6.58. The maximum atomic E-state index is 12.9. The SMILES string of the molecule is COc1ccc(-c2nc3cc(C)ccn3c2NC(=O)C[C@H](C)CC(C)(C)C)cc1OC. The largest absolute Gasteiger partial charge is 0.493 e. The topological polar surface area (TPSA) is 64.9 Å². The van der Waals surface area contributed by atoms with Crippen molar-refractivity contribution in [2.75, 3.05) is 19.5 Å². The van der Waals surface area contributed by atoms with Crippen LogP contribution in [0.15, 0.2) is 36.5 Å². The van der Waals surface area contributed by atoms with E-state index in [4.69, 9.17) is 14.5 Å². The van der Waals surface area contributed by atoms with E-state index in [1.165, 1.54) is 0 Å². The first-order valence-corrected chi connectivity index (χ1v) is 10.6. The van der Waals surface area contributed by atoms with Crippen LogP contribution in [0.3, 0.4) is 0 Å². The van der Waals surface area contributed by atoms with Gasteiger partial charge in [0.15, 0.2) is 11.5 Å². The molecule has 166 valence electrons. The zero-order valence-corrected chi connectivity index (χ0v) is 19.6. The minimum atomic E-state index is -0.0131. The third-order valence-electron chi connectivity index (χ3n) is 5.19. The highest BCUT2D eigenvalue weighted by Crippen LogP contribution is 2.36. The van der Waals surface area contributed by atoms with Crippen molar-refractivity contribution in [2.24, 2.45) is 11.3 Å². The molecular weight excluding hydrogens is 390 g/mol. The van der Waals surface area contributed by atoms with Crippen molar-refractivity contribution >= 4 is 17.4 Å². The minimum Gasteiger partial charge on any atom is -0.493 e. The van der Waals surface area contributed by atoms with E-state index < -0.39 is 0 Å². The van der Waals surface area contributed by atoms with Gasteiger partial charge < -0.3 is 14.8 Å². The summed E-state index contributed by atoms with van der Waals surface area (Å²) in [6, 6.07) is 9.66. The molecule has 1 amide bonds. The predicted octanol–water partition coefficient (Wildman–Crippen LogP) is 5.73. The highest BCUT2D eigenvalue weighted by atomic mass is 16.5. The first-order chi connectivity index (χ1) is 14.6. The van der Waals surface area contributed by atoms with Crippen LogP contribution in [0.4, 0.5) is 5.82 Å². The molecule has 1 N–H and O–H groups in total. The maximum absolute atomic E-state index is 12.9. The molecule has 3 aromatic rings. The van der Waals surface area contributed by atoms with E-state index in [9.17, 15) is 4.79 Å². The number of benzene rings is 1. The number of nitrogens with one attached hydrogen (secondary N) is 1. The molecule has 3 rings (SSSR count). The van der Waals surface area contributed by atoms with Gasteiger partial charge in [-0.05, 0) is 60.6 Å².